The van der Waals surface area contributed by atoms with Gasteiger partial charge in [0.15, 0.2) is 0 Å². The molecule has 1 aromatic rings. The average Bonchev–Trinajstić information content (AvgIpc) is 3.02. The zero-order valence-electron chi connectivity index (χ0n) is 12.2. The second-order valence-electron chi connectivity index (χ2n) is 5.84. The van der Waals surface area contributed by atoms with Crippen molar-refractivity contribution in [2.75, 3.05) is 20.2 Å². The van der Waals surface area contributed by atoms with Gasteiger partial charge in [0.1, 0.15) is 5.54 Å². The lowest BCUT2D eigenvalue weighted by atomic mass is 9.93. The van der Waals surface area contributed by atoms with Crippen molar-refractivity contribution in [1.29, 1.82) is 0 Å². The molecule has 5 heteroatoms. The number of rotatable bonds is 4. The molecule has 2 aliphatic rings. The summed E-state index contributed by atoms with van der Waals surface area (Å²) in [6.45, 7) is 2.41. The third-order valence-corrected chi connectivity index (χ3v) is 5.22. The van der Waals surface area contributed by atoms with Gasteiger partial charge in [0.25, 0.3) is 0 Å². The minimum absolute atomic E-state index is 0.0969. The molecule has 0 aliphatic carbocycles. The number of ether oxygens (including phenoxy) is 2. The van der Waals surface area contributed by atoms with Crippen LogP contribution in [-0.4, -0.2) is 42.7 Å². The third kappa shape index (κ3) is 2.96. The monoisotopic (exact) mass is 401 g/mol. The van der Waals surface area contributed by atoms with Crippen LogP contribution in [0.1, 0.15) is 24.8 Å². The highest BCUT2D eigenvalue weighted by atomic mass is 127. The number of fused-ring (bicyclic) bond motifs is 1. The fourth-order valence-electron chi connectivity index (χ4n) is 3.58. The number of benzene rings is 1. The fourth-order valence-corrected chi connectivity index (χ4v) is 4.18. The van der Waals surface area contributed by atoms with Gasteiger partial charge in [0.2, 0.25) is 0 Å². The van der Waals surface area contributed by atoms with Crippen molar-refractivity contribution < 1.29 is 14.3 Å². The lowest BCUT2D eigenvalue weighted by Gasteiger charge is -2.27. The predicted molar refractivity (Wildman–Crippen MR) is 87.9 cm³/mol. The minimum Gasteiger partial charge on any atom is -0.468 e. The van der Waals surface area contributed by atoms with Gasteiger partial charge in [0, 0.05) is 16.5 Å². The van der Waals surface area contributed by atoms with Gasteiger partial charge in [-0.1, -0.05) is 12.1 Å². The molecular weight excluding hydrogens is 381 g/mol. The molecule has 0 amide bonds. The highest BCUT2D eigenvalue weighted by Crippen LogP contribution is 2.41. The summed E-state index contributed by atoms with van der Waals surface area (Å²) in [4.78, 5) is 14.4. The van der Waals surface area contributed by atoms with E-state index in [2.05, 4.69) is 45.7 Å². The second-order valence-corrected chi connectivity index (χ2v) is 7.09. The number of nitrogens with zero attached hydrogens (tertiary/aromatic N) is 1. The Morgan fingerprint density at radius 1 is 1.52 bits per heavy atom. The van der Waals surface area contributed by atoms with Crippen molar-refractivity contribution in [2.45, 2.75) is 37.5 Å². The first-order valence-corrected chi connectivity index (χ1v) is 8.41. The predicted octanol–water partition coefficient (Wildman–Crippen LogP) is 2.59. The molecule has 0 N–H and O–H groups in total. The van der Waals surface area contributed by atoms with E-state index in [1.165, 1.54) is 16.2 Å². The quantitative estimate of drug-likeness (QED) is 0.575. The third-order valence-electron chi connectivity index (χ3n) is 4.55. The van der Waals surface area contributed by atoms with Crippen molar-refractivity contribution in [2.24, 2.45) is 0 Å². The van der Waals surface area contributed by atoms with Crippen molar-refractivity contribution in [1.82, 2.24) is 4.90 Å². The summed E-state index contributed by atoms with van der Waals surface area (Å²) in [5.41, 5.74) is 0.755. The molecule has 0 bridgehead atoms. The SMILES string of the molecule is COC(=O)[C@@]12CCCN1C[C@@H](OCc1cccc(I)c1)C2. The summed E-state index contributed by atoms with van der Waals surface area (Å²) in [6, 6.07) is 8.33. The van der Waals surface area contributed by atoms with Crippen LogP contribution in [0.25, 0.3) is 0 Å². The first kappa shape index (κ1) is 15.2. The molecule has 3 rings (SSSR count). The number of hydrogen-bond donors (Lipinski definition) is 0. The van der Waals surface area contributed by atoms with Crippen LogP contribution in [0, 0.1) is 3.57 Å². The van der Waals surface area contributed by atoms with Gasteiger partial charge in [-0.05, 0) is 59.7 Å². The first-order valence-electron chi connectivity index (χ1n) is 7.33. The molecule has 2 saturated heterocycles. The smallest absolute Gasteiger partial charge is 0.326 e. The molecule has 0 saturated carbocycles. The fraction of sp³-hybridized carbons (Fsp3) is 0.562. The topological polar surface area (TPSA) is 38.8 Å². The van der Waals surface area contributed by atoms with Crippen molar-refractivity contribution in [3.8, 4) is 0 Å². The minimum atomic E-state index is -0.426. The average molecular weight is 401 g/mol. The summed E-state index contributed by atoms with van der Waals surface area (Å²) in [7, 11) is 1.48. The van der Waals surface area contributed by atoms with Crippen molar-refractivity contribution >= 4 is 28.6 Å². The molecule has 2 heterocycles. The van der Waals surface area contributed by atoms with E-state index in [4.69, 9.17) is 9.47 Å². The van der Waals surface area contributed by atoms with E-state index in [0.717, 1.165) is 32.4 Å². The zero-order chi connectivity index (χ0) is 14.9. The lowest BCUT2D eigenvalue weighted by Crippen LogP contribution is -2.46. The Bertz CT molecular complexity index is 536. The van der Waals surface area contributed by atoms with Gasteiger partial charge in [-0.2, -0.15) is 0 Å². The van der Waals surface area contributed by atoms with Crippen LogP contribution in [-0.2, 0) is 20.9 Å². The Morgan fingerprint density at radius 3 is 3.14 bits per heavy atom. The second kappa shape index (κ2) is 6.22. The number of esters is 1. The maximum absolute atomic E-state index is 12.2. The largest absolute Gasteiger partial charge is 0.468 e. The van der Waals surface area contributed by atoms with Crippen LogP contribution in [0.2, 0.25) is 0 Å². The molecule has 4 nitrogen and oxygen atoms in total. The van der Waals surface area contributed by atoms with E-state index in [-0.39, 0.29) is 12.1 Å². The van der Waals surface area contributed by atoms with E-state index in [9.17, 15) is 4.79 Å². The van der Waals surface area contributed by atoms with Crippen LogP contribution in [0.5, 0.6) is 0 Å². The molecule has 21 heavy (non-hydrogen) atoms. The number of carbonyl (C=O) groups is 1. The number of hydrogen-bond acceptors (Lipinski definition) is 4. The lowest BCUT2D eigenvalue weighted by molar-refractivity contribution is -0.152. The Kier molecular flexibility index (Phi) is 4.51. The zero-order valence-corrected chi connectivity index (χ0v) is 14.3. The summed E-state index contributed by atoms with van der Waals surface area (Å²) < 4.78 is 12.3. The molecule has 0 unspecified atom stereocenters. The number of methoxy groups -OCH3 is 1. The van der Waals surface area contributed by atoms with E-state index in [1.807, 2.05) is 6.07 Å². The molecule has 2 atom stereocenters. The Morgan fingerprint density at radius 2 is 2.38 bits per heavy atom. The maximum atomic E-state index is 12.2. The normalized spacial score (nSPS) is 28.6. The van der Waals surface area contributed by atoms with Gasteiger partial charge >= 0.3 is 5.97 Å². The highest BCUT2D eigenvalue weighted by molar-refractivity contribution is 14.1. The van der Waals surface area contributed by atoms with Crippen molar-refractivity contribution in [3.05, 3.63) is 33.4 Å². The standard InChI is InChI=1S/C16H20INO3/c1-20-15(19)16-6-3-7-18(16)10-14(9-16)21-11-12-4-2-5-13(17)8-12/h2,4-5,8,14H,3,6-7,9-11H2,1H3/t14-,16-/m0/s1. The van der Waals surface area contributed by atoms with Gasteiger partial charge in [-0.15, -0.1) is 0 Å². The van der Waals surface area contributed by atoms with Crippen LogP contribution in [0.15, 0.2) is 24.3 Å². The number of halogens is 1. The Labute approximate surface area is 138 Å². The van der Waals surface area contributed by atoms with Crippen LogP contribution in [0.4, 0.5) is 0 Å². The summed E-state index contributed by atoms with van der Waals surface area (Å²) >= 11 is 2.31. The highest BCUT2D eigenvalue weighted by Gasteiger charge is 2.54. The molecule has 0 spiro atoms. The van der Waals surface area contributed by atoms with E-state index < -0.39 is 5.54 Å². The molecule has 114 valence electrons. The summed E-state index contributed by atoms with van der Waals surface area (Å²) in [5.74, 6) is -0.0969. The summed E-state index contributed by atoms with van der Waals surface area (Å²) in [6.07, 6.45) is 2.83. The molecule has 0 radical (unpaired) electrons. The van der Waals surface area contributed by atoms with Crippen LogP contribution in [0.3, 0.4) is 0 Å². The molecular formula is C16H20INO3. The first-order chi connectivity index (χ1) is 10.1. The molecule has 2 aliphatic heterocycles. The van der Waals surface area contributed by atoms with Crippen LogP contribution < -0.4 is 0 Å². The van der Waals surface area contributed by atoms with Crippen LogP contribution >= 0.6 is 22.6 Å². The molecule has 0 aromatic heterocycles. The van der Waals surface area contributed by atoms with E-state index in [1.54, 1.807) is 0 Å². The van der Waals surface area contributed by atoms with Crippen molar-refractivity contribution in [3.63, 3.8) is 0 Å². The molecule has 1 aromatic carbocycles. The Hall–Kier alpha value is -0.660. The maximum Gasteiger partial charge on any atom is 0.326 e. The number of carbonyl (C=O) groups excluding carboxylic acids is 1. The van der Waals surface area contributed by atoms with Gasteiger partial charge in [-0.25, -0.2) is 0 Å². The van der Waals surface area contributed by atoms with E-state index in [0.29, 0.717) is 6.61 Å². The summed E-state index contributed by atoms with van der Waals surface area (Å²) in [5, 5.41) is 0. The molecule has 2 fully saturated rings. The Balaban J connectivity index is 1.63. The van der Waals surface area contributed by atoms with Gasteiger partial charge in [0.05, 0.1) is 19.8 Å². The van der Waals surface area contributed by atoms with E-state index >= 15 is 0 Å². The van der Waals surface area contributed by atoms with Gasteiger partial charge < -0.3 is 9.47 Å². The van der Waals surface area contributed by atoms with Gasteiger partial charge in [-0.3, -0.25) is 9.69 Å².